The molecule has 8 heteroatoms. The van der Waals surface area contributed by atoms with E-state index in [0.717, 1.165) is 18.4 Å². The fourth-order valence-corrected chi connectivity index (χ4v) is 3.31. The van der Waals surface area contributed by atoms with Crippen LogP contribution < -0.4 is 10.6 Å². The molecule has 0 radical (unpaired) electrons. The van der Waals surface area contributed by atoms with Gasteiger partial charge in [0.25, 0.3) is 11.8 Å². The van der Waals surface area contributed by atoms with Crippen molar-refractivity contribution in [2.24, 2.45) is 5.92 Å². The standard InChI is InChI=1S/C22H29N5O3/c1-16(2)9-10-23-20(28)14-24-21(29)18-13-19-22(30)26(11-6-12-27(19)25-18)15-17-7-4-3-5-8-17/h3-5,7-8,13,16H,6,9-12,14-15H2,1-2H3,(H,23,28)(H,24,29). The van der Waals surface area contributed by atoms with E-state index in [4.69, 9.17) is 0 Å². The topological polar surface area (TPSA) is 96.3 Å². The van der Waals surface area contributed by atoms with Gasteiger partial charge in [-0.25, -0.2) is 0 Å². The van der Waals surface area contributed by atoms with Crippen molar-refractivity contribution in [1.29, 1.82) is 0 Å². The van der Waals surface area contributed by atoms with Gasteiger partial charge < -0.3 is 15.5 Å². The summed E-state index contributed by atoms with van der Waals surface area (Å²) in [5.41, 5.74) is 1.60. The lowest BCUT2D eigenvalue weighted by Gasteiger charge is -2.20. The first kappa shape index (κ1) is 21.5. The van der Waals surface area contributed by atoms with E-state index in [-0.39, 0.29) is 24.1 Å². The Morgan fingerprint density at radius 2 is 1.90 bits per heavy atom. The van der Waals surface area contributed by atoms with E-state index >= 15 is 0 Å². The molecule has 2 heterocycles. The highest BCUT2D eigenvalue weighted by Gasteiger charge is 2.26. The van der Waals surface area contributed by atoms with Crippen molar-refractivity contribution in [3.05, 3.63) is 53.3 Å². The van der Waals surface area contributed by atoms with E-state index in [1.807, 2.05) is 30.3 Å². The zero-order valence-electron chi connectivity index (χ0n) is 17.6. The Kier molecular flexibility index (Phi) is 7.21. The van der Waals surface area contributed by atoms with Crippen LogP contribution in [0.1, 0.15) is 53.2 Å². The minimum absolute atomic E-state index is 0.118. The van der Waals surface area contributed by atoms with Crippen LogP contribution in [0.5, 0.6) is 0 Å². The molecule has 1 aromatic heterocycles. The molecule has 8 nitrogen and oxygen atoms in total. The SMILES string of the molecule is CC(C)CCNC(=O)CNC(=O)c1cc2n(n1)CCCN(Cc1ccccc1)C2=O. The van der Waals surface area contributed by atoms with Crippen LogP contribution in [0.2, 0.25) is 0 Å². The number of aromatic nitrogens is 2. The van der Waals surface area contributed by atoms with E-state index < -0.39 is 5.91 Å². The minimum Gasteiger partial charge on any atom is -0.355 e. The Balaban J connectivity index is 1.60. The lowest BCUT2D eigenvalue weighted by Crippen LogP contribution is -2.37. The first-order valence-electron chi connectivity index (χ1n) is 10.4. The lowest BCUT2D eigenvalue weighted by atomic mass is 10.1. The third kappa shape index (κ3) is 5.68. The zero-order valence-corrected chi connectivity index (χ0v) is 17.6. The summed E-state index contributed by atoms with van der Waals surface area (Å²) in [6, 6.07) is 11.3. The second-order valence-electron chi connectivity index (χ2n) is 7.92. The Bertz CT molecular complexity index is 891. The molecule has 3 rings (SSSR count). The lowest BCUT2D eigenvalue weighted by molar-refractivity contribution is -0.120. The summed E-state index contributed by atoms with van der Waals surface area (Å²) < 4.78 is 1.59. The van der Waals surface area contributed by atoms with Gasteiger partial charge in [-0.1, -0.05) is 44.2 Å². The monoisotopic (exact) mass is 411 g/mol. The van der Waals surface area contributed by atoms with E-state index in [1.165, 1.54) is 6.07 Å². The molecule has 0 bridgehead atoms. The van der Waals surface area contributed by atoms with Gasteiger partial charge in [0, 0.05) is 32.2 Å². The summed E-state index contributed by atoms with van der Waals surface area (Å²) in [6.07, 6.45) is 1.64. The fourth-order valence-electron chi connectivity index (χ4n) is 3.31. The molecule has 0 atom stereocenters. The number of hydrogen-bond donors (Lipinski definition) is 2. The summed E-state index contributed by atoms with van der Waals surface area (Å²) in [4.78, 5) is 39.0. The van der Waals surface area contributed by atoms with Crippen LogP contribution in [0.4, 0.5) is 0 Å². The van der Waals surface area contributed by atoms with Gasteiger partial charge in [-0.3, -0.25) is 19.1 Å². The molecule has 0 fully saturated rings. The normalized spacial score (nSPS) is 13.7. The Morgan fingerprint density at radius 3 is 2.63 bits per heavy atom. The third-order valence-corrected chi connectivity index (χ3v) is 4.99. The molecule has 1 aliphatic rings. The molecule has 160 valence electrons. The quantitative estimate of drug-likeness (QED) is 0.693. The van der Waals surface area contributed by atoms with Crippen molar-refractivity contribution >= 4 is 17.7 Å². The Morgan fingerprint density at radius 1 is 1.13 bits per heavy atom. The van der Waals surface area contributed by atoms with Crippen molar-refractivity contribution in [1.82, 2.24) is 25.3 Å². The molecular formula is C22H29N5O3. The number of fused-ring (bicyclic) bond motifs is 1. The van der Waals surface area contributed by atoms with Gasteiger partial charge in [-0.05, 0) is 24.3 Å². The van der Waals surface area contributed by atoms with Gasteiger partial charge in [0.2, 0.25) is 5.91 Å². The van der Waals surface area contributed by atoms with Crippen LogP contribution in [0.25, 0.3) is 0 Å². The van der Waals surface area contributed by atoms with Crippen LogP contribution in [0.15, 0.2) is 36.4 Å². The van der Waals surface area contributed by atoms with E-state index in [0.29, 0.717) is 37.8 Å². The molecule has 3 amide bonds. The van der Waals surface area contributed by atoms with Gasteiger partial charge in [-0.2, -0.15) is 5.10 Å². The molecule has 0 unspecified atom stereocenters. The molecule has 2 aromatic rings. The van der Waals surface area contributed by atoms with Gasteiger partial charge in [-0.15, -0.1) is 0 Å². The summed E-state index contributed by atoms with van der Waals surface area (Å²) in [5, 5.41) is 9.64. The Labute approximate surface area is 176 Å². The van der Waals surface area contributed by atoms with E-state index in [9.17, 15) is 14.4 Å². The molecule has 0 saturated heterocycles. The number of rotatable bonds is 8. The molecule has 30 heavy (non-hydrogen) atoms. The largest absolute Gasteiger partial charge is 0.355 e. The highest BCUT2D eigenvalue weighted by molar-refractivity contribution is 5.99. The number of amides is 3. The summed E-state index contributed by atoms with van der Waals surface area (Å²) >= 11 is 0. The predicted octanol–water partition coefficient (Wildman–Crippen LogP) is 1.82. The maximum atomic E-state index is 13.0. The van der Waals surface area contributed by atoms with Gasteiger partial charge >= 0.3 is 0 Å². The number of nitrogens with one attached hydrogen (secondary N) is 2. The van der Waals surface area contributed by atoms with Crippen LogP contribution in [-0.2, 0) is 17.9 Å². The van der Waals surface area contributed by atoms with Crippen molar-refractivity contribution in [3.8, 4) is 0 Å². The smallest absolute Gasteiger partial charge is 0.272 e. The van der Waals surface area contributed by atoms with Crippen LogP contribution >= 0.6 is 0 Å². The number of carbonyl (C=O) groups is 3. The molecule has 0 spiro atoms. The van der Waals surface area contributed by atoms with Crippen molar-refractivity contribution in [3.63, 3.8) is 0 Å². The molecular weight excluding hydrogens is 382 g/mol. The van der Waals surface area contributed by atoms with E-state index in [1.54, 1.807) is 9.58 Å². The maximum absolute atomic E-state index is 13.0. The van der Waals surface area contributed by atoms with Gasteiger partial charge in [0.1, 0.15) is 5.69 Å². The molecule has 1 aliphatic heterocycles. The summed E-state index contributed by atoms with van der Waals surface area (Å²) in [6.45, 7) is 6.34. The number of nitrogens with zero attached hydrogens (tertiary/aromatic N) is 3. The Hall–Kier alpha value is -3.16. The highest BCUT2D eigenvalue weighted by atomic mass is 16.2. The second-order valence-corrected chi connectivity index (χ2v) is 7.92. The van der Waals surface area contributed by atoms with Crippen LogP contribution in [0.3, 0.4) is 0 Å². The average molecular weight is 412 g/mol. The molecule has 1 aromatic carbocycles. The highest BCUT2D eigenvalue weighted by Crippen LogP contribution is 2.16. The second kappa shape index (κ2) is 10.0. The summed E-state index contributed by atoms with van der Waals surface area (Å²) in [5.74, 6) is -0.346. The summed E-state index contributed by atoms with van der Waals surface area (Å²) in [7, 11) is 0. The third-order valence-electron chi connectivity index (χ3n) is 4.99. The zero-order chi connectivity index (χ0) is 21.5. The number of hydrogen-bond acceptors (Lipinski definition) is 4. The number of benzene rings is 1. The van der Waals surface area contributed by atoms with Crippen LogP contribution in [0, 0.1) is 5.92 Å². The first-order chi connectivity index (χ1) is 14.4. The predicted molar refractivity (Wildman–Crippen MR) is 113 cm³/mol. The first-order valence-corrected chi connectivity index (χ1v) is 10.4. The molecule has 0 aliphatic carbocycles. The van der Waals surface area contributed by atoms with Gasteiger partial charge in [0.15, 0.2) is 5.69 Å². The number of aryl methyl sites for hydroxylation is 1. The van der Waals surface area contributed by atoms with E-state index in [2.05, 4.69) is 29.6 Å². The van der Waals surface area contributed by atoms with Crippen molar-refractivity contribution < 1.29 is 14.4 Å². The number of carbonyl (C=O) groups excluding carboxylic acids is 3. The van der Waals surface area contributed by atoms with Crippen molar-refractivity contribution in [2.45, 2.75) is 39.8 Å². The molecule has 0 saturated carbocycles. The van der Waals surface area contributed by atoms with Crippen LogP contribution in [-0.4, -0.2) is 52.0 Å². The van der Waals surface area contributed by atoms with Gasteiger partial charge in [0.05, 0.1) is 6.54 Å². The fraction of sp³-hybridized carbons (Fsp3) is 0.455. The molecule has 2 N–H and O–H groups in total. The minimum atomic E-state index is -0.461. The average Bonchev–Trinajstić information content (AvgIpc) is 3.10. The maximum Gasteiger partial charge on any atom is 0.272 e. The van der Waals surface area contributed by atoms with Crippen molar-refractivity contribution in [2.75, 3.05) is 19.6 Å².